The van der Waals surface area contributed by atoms with Crippen LogP contribution in [0.4, 0.5) is 0 Å². The van der Waals surface area contributed by atoms with Gasteiger partial charge in [0.25, 0.3) is 5.91 Å². The third-order valence-corrected chi connectivity index (χ3v) is 1.27. The van der Waals surface area contributed by atoms with E-state index in [1.807, 2.05) is 0 Å². The molecule has 1 radical (unpaired) electrons. The van der Waals surface area contributed by atoms with Gasteiger partial charge in [0.05, 0.1) is 0 Å². The molecule has 3 heteroatoms. The van der Waals surface area contributed by atoms with Gasteiger partial charge in [-0.05, 0) is 19.1 Å². The first kappa shape index (κ1) is 7.72. The molecular formula is C8H9N2O. The highest BCUT2D eigenvalue weighted by Gasteiger charge is 2.02. The summed E-state index contributed by atoms with van der Waals surface area (Å²) in [4.78, 5) is 14.9. The lowest BCUT2D eigenvalue weighted by Gasteiger charge is -1.98. The number of pyridine rings is 1. The van der Waals surface area contributed by atoms with E-state index < -0.39 is 0 Å². The van der Waals surface area contributed by atoms with Crippen LogP contribution >= 0.6 is 0 Å². The van der Waals surface area contributed by atoms with Gasteiger partial charge in [-0.25, -0.2) is 4.98 Å². The summed E-state index contributed by atoms with van der Waals surface area (Å²) in [5, 5.41) is 2.48. The maximum absolute atomic E-state index is 11.0. The van der Waals surface area contributed by atoms with Crippen molar-refractivity contribution in [2.24, 2.45) is 0 Å². The molecule has 1 heterocycles. The number of hydrogen-bond donors (Lipinski definition) is 1. The Morgan fingerprint density at radius 3 is 2.91 bits per heavy atom. The zero-order valence-electron chi connectivity index (χ0n) is 6.29. The fourth-order valence-electron chi connectivity index (χ4n) is 0.734. The van der Waals surface area contributed by atoms with Crippen LogP contribution in [0.25, 0.3) is 0 Å². The molecule has 1 aromatic rings. The monoisotopic (exact) mass is 149 g/mol. The first-order valence-electron chi connectivity index (χ1n) is 3.25. The Morgan fingerprint density at radius 1 is 1.64 bits per heavy atom. The SMILES string of the molecule is [CH2]c1cccc(C(=O)NC)n1. The van der Waals surface area contributed by atoms with Gasteiger partial charge >= 0.3 is 0 Å². The van der Waals surface area contributed by atoms with Crippen LogP contribution in [-0.2, 0) is 0 Å². The van der Waals surface area contributed by atoms with Crippen LogP contribution in [0.5, 0.6) is 0 Å². The van der Waals surface area contributed by atoms with Gasteiger partial charge in [-0.1, -0.05) is 6.07 Å². The molecule has 0 spiro atoms. The summed E-state index contributed by atoms with van der Waals surface area (Å²) >= 11 is 0. The molecule has 3 nitrogen and oxygen atoms in total. The summed E-state index contributed by atoms with van der Waals surface area (Å²) in [5.74, 6) is -0.185. The molecule has 0 fully saturated rings. The molecule has 0 aliphatic heterocycles. The lowest BCUT2D eigenvalue weighted by molar-refractivity contribution is 0.0958. The molecule has 0 aliphatic carbocycles. The quantitative estimate of drug-likeness (QED) is 0.636. The van der Waals surface area contributed by atoms with Gasteiger partial charge in [0.15, 0.2) is 0 Å². The molecule has 0 aliphatic rings. The second-order valence-corrected chi connectivity index (χ2v) is 2.09. The Labute approximate surface area is 65.5 Å². The maximum atomic E-state index is 11.0. The summed E-state index contributed by atoms with van der Waals surface area (Å²) in [6.07, 6.45) is 0. The van der Waals surface area contributed by atoms with Gasteiger partial charge in [-0.2, -0.15) is 0 Å². The molecule has 0 aromatic carbocycles. The van der Waals surface area contributed by atoms with E-state index in [0.717, 1.165) is 0 Å². The molecule has 0 bridgehead atoms. The van der Waals surface area contributed by atoms with Gasteiger partial charge in [0, 0.05) is 12.7 Å². The Hall–Kier alpha value is -1.38. The minimum absolute atomic E-state index is 0.185. The van der Waals surface area contributed by atoms with E-state index in [0.29, 0.717) is 11.4 Å². The van der Waals surface area contributed by atoms with E-state index in [4.69, 9.17) is 0 Å². The summed E-state index contributed by atoms with van der Waals surface area (Å²) in [6.45, 7) is 3.61. The lowest BCUT2D eigenvalue weighted by atomic mass is 10.3. The van der Waals surface area contributed by atoms with E-state index in [1.54, 1.807) is 25.2 Å². The normalized spacial score (nSPS) is 9.27. The molecule has 57 valence electrons. The van der Waals surface area contributed by atoms with Crippen LogP contribution in [0.15, 0.2) is 18.2 Å². The van der Waals surface area contributed by atoms with Crippen LogP contribution in [-0.4, -0.2) is 17.9 Å². The highest BCUT2D eigenvalue weighted by Crippen LogP contribution is 1.96. The second-order valence-electron chi connectivity index (χ2n) is 2.09. The van der Waals surface area contributed by atoms with Crippen LogP contribution in [0.2, 0.25) is 0 Å². The maximum Gasteiger partial charge on any atom is 0.269 e. The fraction of sp³-hybridized carbons (Fsp3) is 0.125. The molecule has 0 saturated carbocycles. The van der Waals surface area contributed by atoms with Crippen molar-refractivity contribution in [1.29, 1.82) is 0 Å². The first-order valence-corrected chi connectivity index (χ1v) is 3.25. The molecule has 0 atom stereocenters. The number of nitrogens with zero attached hydrogens (tertiary/aromatic N) is 1. The van der Waals surface area contributed by atoms with Gasteiger partial charge in [-0.3, -0.25) is 4.79 Å². The van der Waals surface area contributed by atoms with E-state index in [9.17, 15) is 4.79 Å². The van der Waals surface area contributed by atoms with E-state index in [2.05, 4.69) is 17.2 Å². The third-order valence-electron chi connectivity index (χ3n) is 1.27. The second kappa shape index (κ2) is 3.14. The van der Waals surface area contributed by atoms with Crippen molar-refractivity contribution in [2.75, 3.05) is 7.05 Å². The van der Waals surface area contributed by atoms with Gasteiger partial charge in [-0.15, -0.1) is 0 Å². The Kier molecular flexibility index (Phi) is 2.21. The molecular weight excluding hydrogens is 140 g/mol. The Balaban J connectivity index is 2.96. The largest absolute Gasteiger partial charge is 0.354 e. The van der Waals surface area contributed by atoms with E-state index in [-0.39, 0.29) is 5.91 Å². The predicted octanol–water partition coefficient (Wildman–Crippen LogP) is 0.623. The number of amides is 1. The summed E-state index contributed by atoms with van der Waals surface area (Å²) in [7, 11) is 1.57. The number of rotatable bonds is 1. The van der Waals surface area contributed by atoms with Crippen molar-refractivity contribution < 1.29 is 4.79 Å². The van der Waals surface area contributed by atoms with Crippen molar-refractivity contribution >= 4 is 5.91 Å². The molecule has 1 aromatic heterocycles. The summed E-state index contributed by atoms with van der Waals surface area (Å²) < 4.78 is 0. The van der Waals surface area contributed by atoms with Crippen LogP contribution in [0.3, 0.4) is 0 Å². The number of nitrogens with one attached hydrogen (secondary N) is 1. The minimum atomic E-state index is -0.185. The average Bonchev–Trinajstić information content (AvgIpc) is 2.03. The standard InChI is InChI=1S/C8H9N2O/c1-6-4-3-5-7(10-6)8(11)9-2/h3-5H,1H2,2H3,(H,9,11). The number of carbonyl (C=O) groups is 1. The topological polar surface area (TPSA) is 42.0 Å². The van der Waals surface area contributed by atoms with E-state index >= 15 is 0 Å². The van der Waals surface area contributed by atoms with Crippen molar-refractivity contribution in [2.45, 2.75) is 0 Å². The van der Waals surface area contributed by atoms with Gasteiger partial charge < -0.3 is 5.32 Å². The third kappa shape index (κ3) is 1.77. The minimum Gasteiger partial charge on any atom is -0.354 e. The predicted molar refractivity (Wildman–Crippen MR) is 42.1 cm³/mol. The van der Waals surface area contributed by atoms with Crippen LogP contribution < -0.4 is 5.32 Å². The first-order chi connectivity index (χ1) is 5.24. The van der Waals surface area contributed by atoms with Crippen LogP contribution in [0, 0.1) is 6.92 Å². The van der Waals surface area contributed by atoms with Gasteiger partial charge in [0.2, 0.25) is 0 Å². The lowest BCUT2D eigenvalue weighted by Crippen LogP contribution is -2.19. The number of carbonyl (C=O) groups excluding carboxylic acids is 1. The highest BCUT2D eigenvalue weighted by atomic mass is 16.1. The smallest absolute Gasteiger partial charge is 0.269 e. The average molecular weight is 149 g/mol. The summed E-state index contributed by atoms with van der Waals surface area (Å²) in [5.41, 5.74) is 1.01. The fourth-order valence-corrected chi connectivity index (χ4v) is 0.734. The molecule has 1 N–H and O–H groups in total. The van der Waals surface area contributed by atoms with Gasteiger partial charge in [0.1, 0.15) is 5.69 Å². The zero-order valence-corrected chi connectivity index (χ0v) is 6.29. The molecule has 0 saturated heterocycles. The highest BCUT2D eigenvalue weighted by molar-refractivity contribution is 5.91. The molecule has 1 rings (SSSR count). The van der Waals surface area contributed by atoms with Crippen molar-refractivity contribution in [1.82, 2.24) is 10.3 Å². The Morgan fingerprint density at radius 2 is 2.36 bits per heavy atom. The number of hydrogen-bond acceptors (Lipinski definition) is 2. The van der Waals surface area contributed by atoms with Crippen molar-refractivity contribution in [3.8, 4) is 0 Å². The van der Waals surface area contributed by atoms with Crippen molar-refractivity contribution in [3.63, 3.8) is 0 Å². The number of aromatic nitrogens is 1. The molecule has 11 heavy (non-hydrogen) atoms. The summed E-state index contributed by atoms with van der Waals surface area (Å²) in [6, 6.07) is 5.14. The zero-order chi connectivity index (χ0) is 8.27. The molecule has 0 unspecified atom stereocenters. The van der Waals surface area contributed by atoms with E-state index in [1.165, 1.54) is 0 Å². The van der Waals surface area contributed by atoms with Crippen LogP contribution in [0.1, 0.15) is 16.2 Å². The Bertz CT molecular complexity index is 271. The van der Waals surface area contributed by atoms with Crippen molar-refractivity contribution in [3.05, 3.63) is 36.5 Å². The molecule has 1 amide bonds.